The summed E-state index contributed by atoms with van der Waals surface area (Å²) in [5.41, 5.74) is 7.17. The van der Waals surface area contributed by atoms with E-state index in [9.17, 15) is 4.79 Å². The zero-order valence-electron chi connectivity index (χ0n) is 11.7. The van der Waals surface area contributed by atoms with Crippen LogP contribution in [0.2, 0.25) is 0 Å². The summed E-state index contributed by atoms with van der Waals surface area (Å²) in [6.07, 6.45) is 4.09. The molecule has 1 atom stereocenters. The van der Waals surface area contributed by atoms with Gasteiger partial charge in [0, 0.05) is 18.4 Å². The van der Waals surface area contributed by atoms with Gasteiger partial charge in [-0.2, -0.15) is 0 Å². The van der Waals surface area contributed by atoms with Gasteiger partial charge in [-0.1, -0.05) is 20.8 Å². The lowest BCUT2D eigenvalue weighted by atomic mass is 9.84. The predicted octanol–water partition coefficient (Wildman–Crippen LogP) is 1.88. The highest BCUT2D eigenvalue weighted by molar-refractivity contribution is 5.94. The van der Waals surface area contributed by atoms with Crippen LogP contribution in [0.5, 0.6) is 0 Å². The van der Waals surface area contributed by atoms with E-state index in [2.05, 4.69) is 31.1 Å². The first-order valence-electron chi connectivity index (χ1n) is 6.27. The molecule has 1 heterocycles. The van der Waals surface area contributed by atoms with Crippen LogP contribution in [0.1, 0.15) is 43.1 Å². The van der Waals surface area contributed by atoms with Crippen LogP contribution in [0.15, 0.2) is 18.5 Å². The Hall–Kier alpha value is -1.42. The molecule has 0 fully saturated rings. The molecule has 1 rings (SSSR count). The van der Waals surface area contributed by atoms with E-state index in [1.165, 1.54) is 0 Å². The molecule has 0 saturated carbocycles. The van der Waals surface area contributed by atoms with E-state index in [0.717, 1.165) is 12.0 Å². The minimum Gasteiger partial charge on any atom is -0.349 e. The predicted molar refractivity (Wildman–Crippen MR) is 73.4 cm³/mol. The number of nitrogens with zero attached hydrogens (tertiary/aromatic N) is 1. The summed E-state index contributed by atoms with van der Waals surface area (Å²) < 4.78 is 0. The minimum atomic E-state index is -0.0837. The third kappa shape index (κ3) is 4.11. The molecule has 100 valence electrons. The maximum absolute atomic E-state index is 12.1. The van der Waals surface area contributed by atoms with Gasteiger partial charge in [0.1, 0.15) is 0 Å². The smallest absolute Gasteiger partial charge is 0.253 e. The molecule has 0 aliphatic heterocycles. The summed E-state index contributed by atoms with van der Waals surface area (Å²) in [4.78, 5) is 16.2. The molecule has 0 aliphatic carbocycles. The summed E-state index contributed by atoms with van der Waals surface area (Å²) >= 11 is 0. The summed E-state index contributed by atoms with van der Waals surface area (Å²) in [5, 5.41) is 3.04. The van der Waals surface area contributed by atoms with Crippen molar-refractivity contribution in [2.24, 2.45) is 11.1 Å². The van der Waals surface area contributed by atoms with Gasteiger partial charge in [0.2, 0.25) is 0 Å². The van der Waals surface area contributed by atoms with Gasteiger partial charge in [0.05, 0.1) is 5.56 Å². The number of amides is 1. The molecule has 3 N–H and O–H groups in total. The van der Waals surface area contributed by atoms with Crippen LogP contribution in [0.25, 0.3) is 0 Å². The highest BCUT2D eigenvalue weighted by atomic mass is 16.1. The Morgan fingerprint density at radius 3 is 2.61 bits per heavy atom. The summed E-state index contributed by atoms with van der Waals surface area (Å²) in [6, 6.07) is 1.90. The molecule has 0 bridgehead atoms. The fraction of sp³-hybridized carbons (Fsp3) is 0.571. The zero-order valence-corrected chi connectivity index (χ0v) is 11.7. The SMILES string of the molecule is Cc1cncc(C(=O)NC(CCN)C(C)(C)C)c1. The topological polar surface area (TPSA) is 68.0 Å². The molecule has 0 saturated heterocycles. The third-order valence-electron chi connectivity index (χ3n) is 2.94. The number of pyridine rings is 1. The van der Waals surface area contributed by atoms with Gasteiger partial charge in [-0.3, -0.25) is 9.78 Å². The van der Waals surface area contributed by atoms with Crippen LogP contribution in [-0.4, -0.2) is 23.5 Å². The lowest BCUT2D eigenvalue weighted by Crippen LogP contribution is -2.44. The quantitative estimate of drug-likeness (QED) is 0.856. The molecule has 18 heavy (non-hydrogen) atoms. The molecule has 0 aromatic carbocycles. The van der Waals surface area contributed by atoms with Crippen molar-refractivity contribution in [1.82, 2.24) is 10.3 Å². The lowest BCUT2D eigenvalue weighted by Gasteiger charge is -2.31. The molecular formula is C14H23N3O. The number of nitrogens with one attached hydrogen (secondary N) is 1. The first-order valence-corrected chi connectivity index (χ1v) is 6.27. The zero-order chi connectivity index (χ0) is 13.8. The molecule has 1 aromatic heterocycles. The van der Waals surface area contributed by atoms with Gasteiger partial charge in [0.15, 0.2) is 0 Å². The van der Waals surface area contributed by atoms with Crippen LogP contribution in [0.4, 0.5) is 0 Å². The molecule has 1 amide bonds. The number of hydrogen-bond acceptors (Lipinski definition) is 3. The number of nitrogens with two attached hydrogens (primary N) is 1. The van der Waals surface area contributed by atoms with E-state index in [4.69, 9.17) is 5.73 Å². The second-order valence-corrected chi connectivity index (χ2v) is 5.72. The van der Waals surface area contributed by atoms with E-state index in [0.29, 0.717) is 12.1 Å². The van der Waals surface area contributed by atoms with Gasteiger partial charge in [-0.05, 0) is 36.9 Å². The van der Waals surface area contributed by atoms with Crippen LogP contribution in [0.3, 0.4) is 0 Å². The normalized spacial score (nSPS) is 13.2. The first-order chi connectivity index (χ1) is 8.34. The average molecular weight is 249 g/mol. The van der Waals surface area contributed by atoms with Crippen molar-refractivity contribution in [2.75, 3.05) is 6.54 Å². The summed E-state index contributed by atoms with van der Waals surface area (Å²) in [7, 11) is 0. The third-order valence-corrected chi connectivity index (χ3v) is 2.94. The first kappa shape index (κ1) is 14.6. The molecule has 1 aromatic rings. The van der Waals surface area contributed by atoms with Crippen molar-refractivity contribution in [3.05, 3.63) is 29.6 Å². The maximum Gasteiger partial charge on any atom is 0.253 e. The van der Waals surface area contributed by atoms with E-state index >= 15 is 0 Å². The number of rotatable bonds is 4. The van der Waals surface area contributed by atoms with Crippen molar-refractivity contribution in [1.29, 1.82) is 0 Å². The fourth-order valence-corrected chi connectivity index (χ4v) is 1.81. The van der Waals surface area contributed by atoms with Crippen molar-refractivity contribution in [3.63, 3.8) is 0 Å². The molecule has 0 radical (unpaired) electrons. The monoisotopic (exact) mass is 249 g/mol. The largest absolute Gasteiger partial charge is 0.349 e. The second kappa shape index (κ2) is 5.96. The standard InChI is InChI=1S/C14H23N3O/c1-10-7-11(9-16-8-10)13(18)17-12(5-6-15)14(2,3)4/h7-9,12H,5-6,15H2,1-4H3,(H,17,18). The molecular weight excluding hydrogens is 226 g/mol. The van der Waals surface area contributed by atoms with Crippen LogP contribution < -0.4 is 11.1 Å². The van der Waals surface area contributed by atoms with Gasteiger partial charge in [0.25, 0.3) is 5.91 Å². The van der Waals surface area contributed by atoms with E-state index in [1.54, 1.807) is 12.4 Å². The Balaban J connectivity index is 2.79. The van der Waals surface area contributed by atoms with Gasteiger partial charge in [-0.15, -0.1) is 0 Å². The molecule has 0 aliphatic rings. The number of hydrogen-bond donors (Lipinski definition) is 2. The van der Waals surface area contributed by atoms with Crippen molar-refractivity contribution < 1.29 is 4.79 Å². The van der Waals surface area contributed by atoms with Gasteiger partial charge in [-0.25, -0.2) is 0 Å². The van der Waals surface area contributed by atoms with Crippen molar-refractivity contribution in [2.45, 2.75) is 40.2 Å². The molecule has 4 nitrogen and oxygen atoms in total. The van der Waals surface area contributed by atoms with Crippen LogP contribution in [-0.2, 0) is 0 Å². The second-order valence-electron chi connectivity index (χ2n) is 5.72. The number of carbonyl (C=O) groups is 1. The molecule has 1 unspecified atom stereocenters. The average Bonchev–Trinajstić information content (AvgIpc) is 2.27. The fourth-order valence-electron chi connectivity index (χ4n) is 1.81. The lowest BCUT2D eigenvalue weighted by molar-refractivity contribution is 0.0898. The van der Waals surface area contributed by atoms with Crippen LogP contribution in [0, 0.1) is 12.3 Å². The number of carbonyl (C=O) groups excluding carboxylic acids is 1. The highest BCUT2D eigenvalue weighted by Crippen LogP contribution is 2.21. The summed E-state index contributed by atoms with van der Waals surface area (Å²) in [5.74, 6) is -0.0837. The molecule has 0 spiro atoms. The van der Waals surface area contributed by atoms with E-state index in [1.807, 2.05) is 13.0 Å². The number of aryl methyl sites for hydroxylation is 1. The van der Waals surface area contributed by atoms with Gasteiger partial charge >= 0.3 is 0 Å². The maximum atomic E-state index is 12.1. The highest BCUT2D eigenvalue weighted by Gasteiger charge is 2.25. The molecule has 4 heteroatoms. The Morgan fingerprint density at radius 1 is 1.44 bits per heavy atom. The Kier molecular flexibility index (Phi) is 4.84. The number of aromatic nitrogens is 1. The van der Waals surface area contributed by atoms with Gasteiger partial charge < -0.3 is 11.1 Å². The Bertz CT molecular complexity index is 410. The minimum absolute atomic E-state index is 0.00766. The van der Waals surface area contributed by atoms with E-state index < -0.39 is 0 Å². The van der Waals surface area contributed by atoms with E-state index in [-0.39, 0.29) is 17.4 Å². The summed E-state index contributed by atoms with van der Waals surface area (Å²) in [6.45, 7) is 8.78. The Labute approximate surface area is 109 Å². The van der Waals surface area contributed by atoms with Crippen molar-refractivity contribution >= 4 is 5.91 Å². The van der Waals surface area contributed by atoms with Crippen LogP contribution >= 0.6 is 0 Å². The Morgan fingerprint density at radius 2 is 2.11 bits per heavy atom. The van der Waals surface area contributed by atoms with Crippen molar-refractivity contribution in [3.8, 4) is 0 Å².